The summed E-state index contributed by atoms with van der Waals surface area (Å²) >= 11 is 3.49. The molecule has 2 aromatic rings. The molecule has 0 unspecified atom stereocenters. The molecule has 0 fully saturated rings. The van der Waals surface area contributed by atoms with E-state index >= 15 is 0 Å². The van der Waals surface area contributed by atoms with E-state index in [4.69, 9.17) is 4.74 Å². The van der Waals surface area contributed by atoms with Crippen molar-refractivity contribution in [1.82, 2.24) is 0 Å². The van der Waals surface area contributed by atoms with Crippen molar-refractivity contribution in [3.8, 4) is 5.75 Å². The zero-order valence-corrected chi connectivity index (χ0v) is 14.3. The van der Waals surface area contributed by atoms with E-state index in [1.54, 1.807) is 6.21 Å². The highest BCUT2D eigenvalue weighted by atomic mass is 79.9. The number of nitrogens with zero attached hydrogens (tertiary/aromatic N) is 1. The number of para-hydroxylation sites is 1. The molecule has 4 heteroatoms. The number of benzene rings is 2. The third kappa shape index (κ3) is 5.53. The summed E-state index contributed by atoms with van der Waals surface area (Å²) in [5, 5.41) is 4.28. The van der Waals surface area contributed by atoms with Gasteiger partial charge in [-0.1, -0.05) is 53.9 Å². The molecule has 2 aromatic carbocycles. The molecule has 0 radical (unpaired) electrons. The summed E-state index contributed by atoms with van der Waals surface area (Å²) in [4.78, 5) is 0. The van der Waals surface area contributed by atoms with Crippen LogP contribution in [0.15, 0.2) is 58.1 Å². The molecule has 0 aliphatic carbocycles. The highest BCUT2D eigenvalue weighted by Crippen LogP contribution is 2.22. The summed E-state index contributed by atoms with van der Waals surface area (Å²) in [5.74, 6) is 0.859. The van der Waals surface area contributed by atoms with Gasteiger partial charge in [-0.05, 0) is 36.8 Å². The molecule has 0 aliphatic rings. The smallest absolute Gasteiger partial charge is 0.128 e. The lowest BCUT2D eigenvalue weighted by atomic mass is 10.2. The van der Waals surface area contributed by atoms with Crippen molar-refractivity contribution < 1.29 is 4.74 Å². The molecular formula is C18H21BrN2O. The molecule has 0 heterocycles. The Morgan fingerprint density at radius 2 is 1.95 bits per heavy atom. The van der Waals surface area contributed by atoms with Crippen molar-refractivity contribution in [2.45, 2.75) is 26.2 Å². The molecule has 0 aromatic heterocycles. The normalized spacial score (nSPS) is 10.8. The molecule has 0 bridgehead atoms. The summed E-state index contributed by atoms with van der Waals surface area (Å²) < 4.78 is 6.87. The number of ether oxygens (including phenoxy) is 1. The van der Waals surface area contributed by atoms with E-state index in [1.165, 1.54) is 12.8 Å². The van der Waals surface area contributed by atoms with E-state index in [0.29, 0.717) is 0 Å². The van der Waals surface area contributed by atoms with E-state index in [9.17, 15) is 0 Å². The Bertz CT molecular complexity index is 599. The summed E-state index contributed by atoms with van der Waals surface area (Å²) in [7, 11) is 0. The fourth-order valence-corrected chi connectivity index (χ4v) is 2.35. The third-order valence-corrected chi connectivity index (χ3v) is 3.64. The van der Waals surface area contributed by atoms with Gasteiger partial charge in [0.25, 0.3) is 0 Å². The topological polar surface area (TPSA) is 33.6 Å². The average Bonchev–Trinajstić information content (AvgIpc) is 2.54. The van der Waals surface area contributed by atoms with E-state index < -0.39 is 0 Å². The number of anilines is 1. The van der Waals surface area contributed by atoms with E-state index in [0.717, 1.165) is 34.5 Å². The lowest BCUT2D eigenvalue weighted by molar-refractivity contribution is 0.306. The standard InChI is InChI=1S/C18H21BrN2O/c1-2-3-7-12-22-18-11-10-16(19)13-15(18)14-20-21-17-8-5-4-6-9-17/h4-6,8-11,13-14,21H,2-3,7,12H2,1H3. The maximum absolute atomic E-state index is 5.86. The van der Waals surface area contributed by atoms with E-state index in [-0.39, 0.29) is 0 Å². The number of hydrogen-bond donors (Lipinski definition) is 1. The van der Waals surface area contributed by atoms with Crippen molar-refractivity contribution in [3.05, 3.63) is 58.6 Å². The molecule has 0 amide bonds. The fourth-order valence-electron chi connectivity index (χ4n) is 1.97. The molecule has 1 N–H and O–H groups in total. The van der Waals surface area contributed by atoms with Gasteiger partial charge >= 0.3 is 0 Å². The summed E-state index contributed by atoms with van der Waals surface area (Å²) in [6, 6.07) is 15.8. The van der Waals surface area contributed by atoms with Crippen LogP contribution in [-0.2, 0) is 0 Å². The second-order valence-electron chi connectivity index (χ2n) is 4.97. The van der Waals surface area contributed by atoms with Crippen LogP contribution in [0.2, 0.25) is 0 Å². The first-order valence-corrected chi connectivity index (χ1v) is 8.35. The minimum absolute atomic E-state index is 0.739. The van der Waals surface area contributed by atoms with Crippen molar-refractivity contribution in [2.75, 3.05) is 12.0 Å². The van der Waals surface area contributed by atoms with Gasteiger partial charge < -0.3 is 4.74 Å². The Morgan fingerprint density at radius 1 is 1.14 bits per heavy atom. The molecule has 0 aliphatic heterocycles. The first-order chi connectivity index (χ1) is 10.8. The maximum atomic E-state index is 5.86. The summed E-state index contributed by atoms with van der Waals surface area (Å²) in [6.07, 6.45) is 5.24. The van der Waals surface area contributed by atoms with Crippen LogP contribution in [0, 0.1) is 0 Å². The van der Waals surface area contributed by atoms with Gasteiger partial charge in [0.1, 0.15) is 5.75 Å². The number of rotatable bonds is 8. The summed E-state index contributed by atoms with van der Waals surface area (Å²) in [5.41, 5.74) is 4.93. The number of halogens is 1. The number of nitrogens with one attached hydrogen (secondary N) is 1. The second kappa shape index (κ2) is 9.26. The van der Waals surface area contributed by atoms with Crippen molar-refractivity contribution in [3.63, 3.8) is 0 Å². The van der Waals surface area contributed by atoms with Gasteiger partial charge in [0.15, 0.2) is 0 Å². The lowest BCUT2D eigenvalue weighted by Crippen LogP contribution is -2.00. The zero-order chi connectivity index (χ0) is 15.6. The molecule has 0 saturated heterocycles. The van der Waals surface area contributed by atoms with Gasteiger partial charge in [0.05, 0.1) is 18.5 Å². The van der Waals surface area contributed by atoms with Crippen molar-refractivity contribution in [1.29, 1.82) is 0 Å². The minimum Gasteiger partial charge on any atom is -0.493 e. The van der Waals surface area contributed by atoms with Gasteiger partial charge in [-0.2, -0.15) is 5.10 Å². The van der Waals surface area contributed by atoms with Crippen LogP contribution in [0.25, 0.3) is 0 Å². The van der Waals surface area contributed by atoms with Gasteiger partial charge in [0, 0.05) is 10.0 Å². The van der Waals surface area contributed by atoms with E-state index in [2.05, 4.69) is 33.4 Å². The average molecular weight is 361 g/mol. The Labute approximate surface area is 140 Å². The molecule has 22 heavy (non-hydrogen) atoms. The highest BCUT2D eigenvalue weighted by Gasteiger charge is 2.02. The Hall–Kier alpha value is -1.81. The fraction of sp³-hybridized carbons (Fsp3) is 0.278. The second-order valence-corrected chi connectivity index (χ2v) is 5.89. The van der Waals surface area contributed by atoms with Gasteiger partial charge in [-0.3, -0.25) is 5.43 Å². The Morgan fingerprint density at radius 3 is 2.73 bits per heavy atom. The van der Waals surface area contributed by atoms with Gasteiger partial charge in [-0.25, -0.2) is 0 Å². The molecule has 0 atom stereocenters. The van der Waals surface area contributed by atoms with Crippen LogP contribution in [0.4, 0.5) is 5.69 Å². The van der Waals surface area contributed by atoms with Crippen LogP contribution < -0.4 is 10.2 Å². The molecule has 116 valence electrons. The predicted molar refractivity (Wildman–Crippen MR) is 96.8 cm³/mol. The Kier molecular flexibility index (Phi) is 6.97. The van der Waals surface area contributed by atoms with Gasteiger partial charge in [-0.15, -0.1) is 0 Å². The van der Waals surface area contributed by atoms with Crippen LogP contribution in [0.3, 0.4) is 0 Å². The largest absolute Gasteiger partial charge is 0.493 e. The molecule has 3 nitrogen and oxygen atoms in total. The van der Waals surface area contributed by atoms with Crippen molar-refractivity contribution in [2.24, 2.45) is 5.10 Å². The lowest BCUT2D eigenvalue weighted by Gasteiger charge is -2.09. The molecular weight excluding hydrogens is 340 g/mol. The summed E-state index contributed by atoms with van der Waals surface area (Å²) in [6.45, 7) is 2.93. The van der Waals surface area contributed by atoms with Crippen LogP contribution in [0.1, 0.15) is 31.7 Å². The molecule has 2 rings (SSSR count). The Balaban J connectivity index is 2.00. The maximum Gasteiger partial charge on any atom is 0.128 e. The highest BCUT2D eigenvalue weighted by molar-refractivity contribution is 9.10. The minimum atomic E-state index is 0.739. The molecule has 0 spiro atoms. The monoisotopic (exact) mass is 360 g/mol. The SMILES string of the molecule is CCCCCOc1ccc(Br)cc1C=NNc1ccccc1. The van der Waals surface area contributed by atoms with Crippen LogP contribution in [0.5, 0.6) is 5.75 Å². The first-order valence-electron chi connectivity index (χ1n) is 7.56. The number of hydrogen-bond acceptors (Lipinski definition) is 3. The molecule has 0 saturated carbocycles. The predicted octanol–water partition coefficient (Wildman–Crippen LogP) is 5.46. The van der Waals surface area contributed by atoms with Gasteiger partial charge in [0.2, 0.25) is 0 Å². The number of unbranched alkanes of at least 4 members (excludes halogenated alkanes) is 2. The number of hydrazone groups is 1. The zero-order valence-electron chi connectivity index (χ0n) is 12.8. The first kappa shape index (κ1) is 16.6. The van der Waals surface area contributed by atoms with Crippen molar-refractivity contribution >= 4 is 27.8 Å². The third-order valence-electron chi connectivity index (χ3n) is 3.15. The van der Waals surface area contributed by atoms with Crippen LogP contribution in [-0.4, -0.2) is 12.8 Å². The quantitative estimate of drug-likeness (QED) is 0.385. The van der Waals surface area contributed by atoms with E-state index in [1.807, 2.05) is 48.5 Å². The van der Waals surface area contributed by atoms with Crippen LogP contribution >= 0.6 is 15.9 Å².